The van der Waals surface area contributed by atoms with Gasteiger partial charge in [-0.15, -0.1) is 0 Å². The van der Waals surface area contributed by atoms with Crippen LogP contribution >= 0.6 is 0 Å². The van der Waals surface area contributed by atoms with Crippen LogP contribution in [0.1, 0.15) is 37.9 Å². The molecular weight excluding hydrogens is 236 g/mol. The lowest BCUT2D eigenvalue weighted by molar-refractivity contribution is 0.110. The Hall–Kier alpha value is -1.54. The van der Waals surface area contributed by atoms with E-state index in [1.807, 2.05) is 0 Å². The molecular formula is C17H20O2. The van der Waals surface area contributed by atoms with E-state index in [-0.39, 0.29) is 6.10 Å². The first-order valence-electron chi connectivity index (χ1n) is 7.16. The summed E-state index contributed by atoms with van der Waals surface area (Å²) in [5.41, 5.74) is 1.24. The summed E-state index contributed by atoms with van der Waals surface area (Å²) in [6.07, 6.45) is 3.45. The Morgan fingerprint density at radius 1 is 1.21 bits per heavy atom. The van der Waals surface area contributed by atoms with Crippen LogP contribution in [-0.4, -0.2) is 13.2 Å². The number of fused-ring (bicyclic) bond motifs is 1. The van der Waals surface area contributed by atoms with Crippen molar-refractivity contribution in [2.24, 2.45) is 0 Å². The highest BCUT2D eigenvalue weighted by Gasteiger charge is 2.23. The van der Waals surface area contributed by atoms with Crippen molar-refractivity contribution in [2.75, 3.05) is 13.2 Å². The van der Waals surface area contributed by atoms with E-state index in [1.165, 1.54) is 16.3 Å². The summed E-state index contributed by atoms with van der Waals surface area (Å²) >= 11 is 0. The maximum atomic E-state index is 5.93. The van der Waals surface area contributed by atoms with Crippen LogP contribution in [0.15, 0.2) is 36.4 Å². The van der Waals surface area contributed by atoms with Gasteiger partial charge in [0.1, 0.15) is 5.75 Å². The van der Waals surface area contributed by atoms with E-state index in [0.29, 0.717) is 0 Å². The average molecular weight is 256 g/mol. The predicted molar refractivity (Wildman–Crippen MR) is 77.7 cm³/mol. The maximum Gasteiger partial charge on any atom is 0.125 e. The average Bonchev–Trinajstić information content (AvgIpc) is 2.98. The molecule has 1 aliphatic rings. The van der Waals surface area contributed by atoms with E-state index in [9.17, 15) is 0 Å². The van der Waals surface area contributed by atoms with Crippen molar-refractivity contribution in [1.29, 1.82) is 0 Å². The van der Waals surface area contributed by atoms with Gasteiger partial charge in [-0.05, 0) is 36.1 Å². The van der Waals surface area contributed by atoms with Crippen molar-refractivity contribution in [1.82, 2.24) is 0 Å². The van der Waals surface area contributed by atoms with Gasteiger partial charge in [-0.25, -0.2) is 0 Å². The minimum Gasteiger partial charge on any atom is -0.493 e. The van der Waals surface area contributed by atoms with Crippen LogP contribution in [0.25, 0.3) is 10.8 Å². The van der Waals surface area contributed by atoms with Gasteiger partial charge in [0.2, 0.25) is 0 Å². The summed E-state index contributed by atoms with van der Waals surface area (Å²) in [6, 6.07) is 12.7. The van der Waals surface area contributed by atoms with Crippen molar-refractivity contribution >= 4 is 10.8 Å². The largest absolute Gasteiger partial charge is 0.493 e. The highest BCUT2D eigenvalue weighted by Crippen LogP contribution is 2.39. The fourth-order valence-corrected chi connectivity index (χ4v) is 2.75. The number of ether oxygens (including phenoxy) is 2. The van der Waals surface area contributed by atoms with Crippen molar-refractivity contribution in [3.05, 3.63) is 42.0 Å². The summed E-state index contributed by atoms with van der Waals surface area (Å²) in [5.74, 6) is 0.993. The molecule has 0 amide bonds. The second kappa shape index (κ2) is 5.62. The van der Waals surface area contributed by atoms with E-state index in [2.05, 4.69) is 43.3 Å². The van der Waals surface area contributed by atoms with Crippen molar-refractivity contribution < 1.29 is 9.47 Å². The first kappa shape index (κ1) is 12.5. The molecule has 100 valence electrons. The smallest absolute Gasteiger partial charge is 0.125 e. The van der Waals surface area contributed by atoms with Crippen LogP contribution in [-0.2, 0) is 4.74 Å². The molecule has 2 nitrogen and oxygen atoms in total. The van der Waals surface area contributed by atoms with Crippen LogP contribution in [0.2, 0.25) is 0 Å². The Morgan fingerprint density at radius 2 is 2.11 bits per heavy atom. The highest BCUT2D eigenvalue weighted by atomic mass is 16.5. The lowest BCUT2D eigenvalue weighted by atomic mass is 9.97. The monoisotopic (exact) mass is 256 g/mol. The van der Waals surface area contributed by atoms with Crippen LogP contribution in [0.4, 0.5) is 0 Å². The van der Waals surface area contributed by atoms with E-state index in [4.69, 9.17) is 9.47 Å². The summed E-state index contributed by atoms with van der Waals surface area (Å²) in [6.45, 7) is 3.76. The second-order valence-electron chi connectivity index (χ2n) is 5.05. The molecule has 2 aromatic carbocycles. The zero-order chi connectivity index (χ0) is 13.1. The lowest BCUT2D eigenvalue weighted by Crippen LogP contribution is -2.04. The summed E-state index contributed by atoms with van der Waals surface area (Å²) in [7, 11) is 0. The van der Waals surface area contributed by atoms with E-state index in [1.54, 1.807) is 0 Å². The Labute approximate surface area is 114 Å². The fraction of sp³-hybridized carbons (Fsp3) is 0.412. The topological polar surface area (TPSA) is 18.5 Å². The Kier molecular flexibility index (Phi) is 3.69. The Morgan fingerprint density at radius 3 is 2.89 bits per heavy atom. The third kappa shape index (κ3) is 2.45. The third-order valence-corrected chi connectivity index (χ3v) is 3.64. The van der Waals surface area contributed by atoms with Gasteiger partial charge in [-0.3, -0.25) is 0 Å². The van der Waals surface area contributed by atoms with Gasteiger partial charge in [-0.2, -0.15) is 0 Å². The predicted octanol–water partition coefficient (Wildman–Crippen LogP) is 4.48. The first-order chi connectivity index (χ1) is 9.40. The van der Waals surface area contributed by atoms with Crippen molar-refractivity contribution in [3.8, 4) is 5.75 Å². The highest BCUT2D eigenvalue weighted by molar-refractivity contribution is 5.88. The molecule has 1 heterocycles. The van der Waals surface area contributed by atoms with Gasteiger partial charge in [0.05, 0.1) is 12.7 Å². The van der Waals surface area contributed by atoms with E-state index < -0.39 is 0 Å². The lowest BCUT2D eigenvalue weighted by Gasteiger charge is -2.18. The van der Waals surface area contributed by atoms with E-state index in [0.717, 1.165) is 38.2 Å². The van der Waals surface area contributed by atoms with Crippen LogP contribution in [0.5, 0.6) is 5.75 Å². The van der Waals surface area contributed by atoms with Crippen LogP contribution in [0.3, 0.4) is 0 Å². The van der Waals surface area contributed by atoms with Gasteiger partial charge in [0.15, 0.2) is 0 Å². The van der Waals surface area contributed by atoms with Gasteiger partial charge < -0.3 is 9.47 Å². The molecule has 1 aliphatic heterocycles. The molecule has 2 aromatic rings. The normalized spacial score (nSPS) is 18.9. The number of rotatable bonds is 4. The fourth-order valence-electron chi connectivity index (χ4n) is 2.75. The number of benzene rings is 2. The standard InChI is InChI=1S/C17H20O2/c1-2-11-18-16-10-9-13-6-3-4-7-14(13)17(16)15-8-5-12-19-15/h3-4,6-7,9-10,15H,2,5,8,11-12H2,1H3. The molecule has 0 N–H and O–H groups in total. The molecule has 1 atom stereocenters. The molecule has 1 saturated heterocycles. The zero-order valence-corrected chi connectivity index (χ0v) is 11.4. The molecule has 0 spiro atoms. The molecule has 2 heteroatoms. The Balaban J connectivity index is 2.10. The van der Waals surface area contributed by atoms with Crippen LogP contribution < -0.4 is 4.74 Å². The van der Waals surface area contributed by atoms with Crippen molar-refractivity contribution in [2.45, 2.75) is 32.3 Å². The number of hydrogen-bond acceptors (Lipinski definition) is 2. The molecule has 0 aliphatic carbocycles. The molecule has 0 saturated carbocycles. The SMILES string of the molecule is CCCOc1ccc2ccccc2c1C1CCCO1. The Bertz CT molecular complexity index is 556. The summed E-state index contributed by atoms with van der Waals surface area (Å²) < 4.78 is 11.8. The molecule has 19 heavy (non-hydrogen) atoms. The third-order valence-electron chi connectivity index (χ3n) is 3.64. The molecule has 0 radical (unpaired) electrons. The van der Waals surface area contributed by atoms with Crippen molar-refractivity contribution in [3.63, 3.8) is 0 Å². The minimum absolute atomic E-state index is 0.193. The maximum absolute atomic E-state index is 5.93. The summed E-state index contributed by atoms with van der Waals surface area (Å²) in [5, 5.41) is 2.53. The second-order valence-corrected chi connectivity index (χ2v) is 5.05. The number of hydrogen-bond donors (Lipinski definition) is 0. The molecule has 1 unspecified atom stereocenters. The zero-order valence-electron chi connectivity index (χ0n) is 11.4. The molecule has 3 rings (SSSR count). The van der Waals surface area contributed by atoms with Gasteiger partial charge in [0.25, 0.3) is 0 Å². The van der Waals surface area contributed by atoms with Gasteiger partial charge in [0, 0.05) is 12.2 Å². The first-order valence-corrected chi connectivity index (χ1v) is 7.16. The van der Waals surface area contributed by atoms with E-state index >= 15 is 0 Å². The van der Waals surface area contributed by atoms with Gasteiger partial charge >= 0.3 is 0 Å². The van der Waals surface area contributed by atoms with Crippen LogP contribution in [0, 0.1) is 0 Å². The molecule has 0 aromatic heterocycles. The van der Waals surface area contributed by atoms with Gasteiger partial charge in [-0.1, -0.05) is 37.3 Å². The quantitative estimate of drug-likeness (QED) is 0.803. The summed E-state index contributed by atoms with van der Waals surface area (Å²) in [4.78, 5) is 0. The minimum atomic E-state index is 0.193. The molecule has 0 bridgehead atoms. The molecule has 1 fully saturated rings.